The lowest BCUT2D eigenvalue weighted by atomic mass is 10.2. The van der Waals surface area contributed by atoms with Gasteiger partial charge in [-0.1, -0.05) is 0 Å². The van der Waals surface area contributed by atoms with E-state index in [-0.39, 0.29) is 22.7 Å². The maximum Gasteiger partial charge on any atom is 0.338 e. The Bertz CT molecular complexity index is 1050. The number of primary amides is 1. The number of esters is 1. The van der Waals surface area contributed by atoms with Crippen LogP contribution < -0.4 is 10.4 Å². The van der Waals surface area contributed by atoms with Gasteiger partial charge in [0, 0.05) is 0 Å². The summed E-state index contributed by atoms with van der Waals surface area (Å²) >= 11 is 0.950. The lowest BCUT2D eigenvalue weighted by molar-refractivity contribution is 0.0526. The molecule has 10 heteroatoms. The number of nitrogens with zero attached hydrogens (tertiary/aromatic N) is 3. The molecule has 0 unspecified atom stereocenters. The quantitative estimate of drug-likeness (QED) is 0.662. The van der Waals surface area contributed by atoms with Crippen LogP contribution in [0, 0.1) is 0 Å². The molecule has 0 fully saturated rings. The fourth-order valence-electron chi connectivity index (χ4n) is 2.10. The predicted octanol–water partition coefficient (Wildman–Crippen LogP) is 1.54. The first kappa shape index (κ1) is 18.3. The summed E-state index contributed by atoms with van der Waals surface area (Å²) in [5.41, 5.74) is 6.13. The average molecular weight is 386 g/mol. The summed E-state index contributed by atoms with van der Waals surface area (Å²) in [5, 5.41) is 4.09. The second-order valence-corrected chi connectivity index (χ2v) is 6.06. The Morgan fingerprint density at radius 2 is 2.00 bits per heavy atom. The number of benzene rings is 1. The van der Waals surface area contributed by atoms with Crippen molar-refractivity contribution in [1.82, 2.24) is 9.17 Å². The van der Waals surface area contributed by atoms with Gasteiger partial charge < -0.3 is 14.9 Å². The van der Waals surface area contributed by atoms with E-state index in [1.165, 1.54) is 16.4 Å². The van der Waals surface area contributed by atoms with E-state index in [0.29, 0.717) is 11.3 Å². The van der Waals surface area contributed by atoms with Gasteiger partial charge in [0.25, 0.3) is 5.91 Å². The summed E-state index contributed by atoms with van der Waals surface area (Å²) in [4.78, 5) is 39.3. The molecule has 0 bridgehead atoms. The summed E-state index contributed by atoms with van der Waals surface area (Å²) in [6, 6.07) is 9.39. The Labute approximate surface area is 156 Å². The van der Waals surface area contributed by atoms with E-state index in [9.17, 15) is 14.4 Å². The van der Waals surface area contributed by atoms with E-state index in [2.05, 4.69) is 10.1 Å². The van der Waals surface area contributed by atoms with Gasteiger partial charge in [-0.05, 0) is 54.9 Å². The standard InChI is InChI=1S/C17H14N4O5S/c1-2-25-17(24)10-5-7-11(8-6-10)21-20-13(14(18)22)16(27-21)19-15(23)12-4-3-9-26-12/h3-9H,2H2,1H3,(H2,18,22). The number of hydrogen-bond donors (Lipinski definition) is 1. The van der Waals surface area contributed by atoms with Crippen LogP contribution in [-0.4, -0.2) is 33.6 Å². The minimum atomic E-state index is -0.820. The molecule has 0 radical (unpaired) electrons. The molecule has 2 N–H and O–H groups in total. The normalized spacial score (nSPS) is 11.4. The van der Waals surface area contributed by atoms with Gasteiger partial charge in [0.1, 0.15) is 0 Å². The van der Waals surface area contributed by atoms with Gasteiger partial charge in [-0.2, -0.15) is 9.06 Å². The van der Waals surface area contributed by atoms with Crippen molar-refractivity contribution in [2.45, 2.75) is 6.92 Å². The third kappa shape index (κ3) is 4.01. The smallest absolute Gasteiger partial charge is 0.338 e. The maximum absolute atomic E-state index is 12.1. The first-order valence-corrected chi connectivity index (χ1v) is 8.57. The zero-order valence-electron chi connectivity index (χ0n) is 14.1. The van der Waals surface area contributed by atoms with Crippen molar-refractivity contribution < 1.29 is 23.5 Å². The summed E-state index contributed by atoms with van der Waals surface area (Å²) < 4.78 is 11.3. The molecule has 2 heterocycles. The van der Waals surface area contributed by atoms with E-state index in [0.717, 1.165) is 11.5 Å². The van der Waals surface area contributed by atoms with Crippen LogP contribution in [0.2, 0.25) is 0 Å². The lowest BCUT2D eigenvalue weighted by Gasteiger charge is -2.03. The molecule has 0 saturated heterocycles. The van der Waals surface area contributed by atoms with Crippen LogP contribution in [0.15, 0.2) is 52.1 Å². The van der Waals surface area contributed by atoms with Gasteiger partial charge in [0.2, 0.25) is 0 Å². The lowest BCUT2D eigenvalue weighted by Crippen LogP contribution is -2.20. The number of hydrogen-bond acceptors (Lipinski definition) is 7. The van der Waals surface area contributed by atoms with Crippen LogP contribution in [0.3, 0.4) is 0 Å². The number of amides is 2. The van der Waals surface area contributed by atoms with Crippen LogP contribution >= 0.6 is 11.5 Å². The van der Waals surface area contributed by atoms with E-state index in [1.54, 1.807) is 37.3 Å². The summed E-state index contributed by atoms with van der Waals surface area (Å²) in [7, 11) is 0. The second kappa shape index (κ2) is 7.79. The first-order valence-electron chi connectivity index (χ1n) is 7.80. The molecule has 138 valence electrons. The average Bonchev–Trinajstić information content (AvgIpc) is 3.32. The summed E-state index contributed by atoms with van der Waals surface area (Å²) in [6.45, 7) is 2.00. The Balaban J connectivity index is 1.97. The van der Waals surface area contributed by atoms with Gasteiger partial charge >= 0.3 is 11.9 Å². The fraction of sp³-hybridized carbons (Fsp3) is 0.118. The highest BCUT2D eigenvalue weighted by molar-refractivity contribution is 7.04. The highest BCUT2D eigenvalue weighted by atomic mass is 32.1. The molecule has 1 aromatic carbocycles. The molecule has 2 aromatic heterocycles. The number of nitrogens with two attached hydrogens (primary N) is 1. The van der Waals surface area contributed by atoms with Gasteiger partial charge in [0.05, 0.1) is 24.1 Å². The largest absolute Gasteiger partial charge is 0.462 e. The molecule has 0 saturated carbocycles. The minimum Gasteiger partial charge on any atom is -0.462 e. The highest BCUT2D eigenvalue weighted by Crippen LogP contribution is 2.12. The number of carbonyl (C=O) groups excluding carboxylic acids is 3. The molecular weight excluding hydrogens is 372 g/mol. The Hall–Kier alpha value is -3.53. The van der Waals surface area contributed by atoms with E-state index >= 15 is 0 Å². The van der Waals surface area contributed by atoms with E-state index in [4.69, 9.17) is 14.9 Å². The molecule has 0 aliphatic carbocycles. The SMILES string of the molecule is CCOC(=O)c1ccc(-n2nc(C(N)=O)c(=NC(=O)c3ccco3)s2)cc1. The predicted molar refractivity (Wildman–Crippen MR) is 94.5 cm³/mol. The second-order valence-electron chi connectivity index (χ2n) is 5.14. The van der Waals surface area contributed by atoms with Crippen molar-refractivity contribution in [3.8, 4) is 5.69 Å². The van der Waals surface area contributed by atoms with Crippen LogP contribution in [0.5, 0.6) is 0 Å². The van der Waals surface area contributed by atoms with Crippen molar-refractivity contribution in [3.05, 3.63) is 64.3 Å². The maximum atomic E-state index is 12.1. The zero-order chi connectivity index (χ0) is 19.4. The third-order valence-corrected chi connectivity index (χ3v) is 4.26. The molecular formula is C17H14N4O5S. The number of furan rings is 1. The van der Waals surface area contributed by atoms with Crippen molar-refractivity contribution in [2.24, 2.45) is 10.7 Å². The van der Waals surface area contributed by atoms with Crippen LogP contribution in [0.4, 0.5) is 0 Å². The van der Waals surface area contributed by atoms with Gasteiger partial charge in [-0.15, -0.1) is 5.10 Å². The van der Waals surface area contributed by atoms with Gasteiger partial charge in [-0.3, -0.25) is 9.59 Å². The van der Waals surface area contributed by atoms with Crippen LogP contribution in [0.25, 0.3) is 5.69 Å². The zero-order valence-corrected chi connectivity index (χ0v) is 14.9. The molecule has 27 heavy (non-hydrogen) atoms. The molecule has 9 nitrogen and oxygen atoms in total. The molecule has 3 aromatic rings. The number of carbonyl (C=O) groups is 3. The highest BCUT2D eigenvalue weighted by Gasteiger charge is 2.16. The van der Waals surface area contributed by atoms with Crippen molar-refractivity contribution >= 4 is 29.3 Å². The topological polar surface area (TPSA) is 130 Å². The molecule has 0 aliphatic rings. The summed E-state index contributed by atoms with van der Waals surface area (Å²) in [5.74, 6) is -1.88. The Morgan fingerprint density at radius 1 is 1.26 bits per heavy atom. The monoisotopic (exact) mass is 386 g/mol. The van der Waals surface area contributed by atoms with E-state index in [1.807, 2.05) is 0 Å². The first-order chi connectivity index (χ1) is 13.0. The molecule has 3 rings (SSSR count). The summed E-state index contributed by atoms with van der Waals surface area (Å²) in [6.07, 6.45) is 1.34. The van der Waals surface area contributed by atoms with Gasteiger partial charge in [0.15, 0.2) is 16.1 Å². The molecule has 0 aliphatic heterocycles. The third-order valence-electron chi connectivity index (χ3n) is 3.33. The number of ether oxygens (including phenoxy) is 1. The van der Waals surface area contributed by atoms with Crippen molar-refractivity contribution in [2.75, 3.05) is 6.61 Å². The fourth-order valence-corrected chi connectivity index (χ4v) is 2.97. The van der Waals surface area contributed by atoms with Gasteiger partial charge in [-0.25, -0.2) is 4.79 Å². The van der Waals surface area contributed by atoms with Crippen molar-refractivity contribution in [1.29, 1.82) is 0 Å². The number of rotatable bonds is 5. The molecule has 0 atom stereocenters. The Morgan fingerprint density at radius 3 is 2.59 bits per heavy atom. The number of aromatic nitrogens is 2. The molecule has 0 spiro atoms. The molecule has 2 amide bonds. The van der Waals surface area contributed by atoms with Crippen molar-refractivity contribution in [3.63, 3.8) is 0 Å². The van der Waals surface area contributed by atoms with Crippen LogP contribution in [0.1, 0.15) is 38.3 Å². The Kier molecular flexibility index (Phi) is 5.27. The van der Waals surface area contributed by atoms with Crippen LogP contribution in [-0.2, 0) is 4.74 Å². The van der Waals surface area contributed by atoms with E-state index < -0.39 is 17.8 Å². The minimum absolute atomic E-state index is 0.0316.